The minimum Gasteiger partial charge on any atom is -0.351 e. The average molecular weight is 235 g/mol. The van der Waals surface area contributed by atoms with Crippen molar-refractivity contribution in [2.45, 2.75) is 31.7 Å². The lowest BCUT2D eigenvalue weighted by atomic mass is 10.4. The van der Waals surface area contributed by atoms with Gasteiger partial charge in [-0.1, -0.05) is 0 Å². The first-order chi connectivity index (χ1) is 8.35. The van der Waals surface area contributed by atoms with Gasteiger partial charge in [0.25, 0.3) is 0 Å². The van der Waals surface area contributed by atoms with Gasteiger partial charge in [0.2, 0.25) is 17.8 Å². The van der Waals surface area contributed by atoms with E-state index in [1.165, 1.54) is 25.7 Å². The van der Waals surface area contributed by atoms with Crippen molar-refractivity contribution in [3.63, 3.8) is 0 Å². The number of nitrogens with zero attached hydrogens (tertiary/aromatic N) is 4. The third-order valence-corrected chi connectivity index (χ3v) is 3.05. The van der Waals surface area contributed by atoms with Crippen LogP contribution in [0.1, 0.15) is 25.7 Å². The predicted molar refractivity (Wildman–Crippen MR) is 65.7 cm³/mol. The van der Waals surface area contributed by atoms with Crippen molar-refractivity contribution < 1.29 is 0 Å². The van der Waals surface area contributed by atoms with Crippen LogP contribution in [0.15, 0.2) is 0 Å². The molecule has 0 bridgehead atoms. The van der Waals surface area contributed by atoms with Gasteiger partial charge >= 0.3 is 0 Å². The number of anilines is 3. The summed E-state index contributed by atoms with van der Waals surface area (Å²) in [6, 6.07) is 0.523. The minimum absolute atomic E-state index is 0.421. The first-order valence-corrected chi connectivity index (χ1v) is 6.09. The van der Waals surface area contributed by atoms with Crippen molar-refractivity contribution in [3.8, 4) is 0 Å². The van der Waals surface area contributed by atoms with Crippen molar-refractivity contribution in [2.75, 3.05) is 28.7 Å². The van der Waals surface area contributed by atoms with E-state index in [9.17, 15) is 0 Å². The Morgan fingerprint density at radius 3 is 2.41 bits per heavy atom. The monoisotopic (exact) mass is 235 g/mol. The van der Waals surface area contributed by atoms with E-state index in [-0.39, 0.29) is 0 Å². The summed E-state index contributed by atoms with van der Waals surface area (Å²) >= 11 is 0. The summed E-state index contributed by atoms with van der Waals surface area (Å²) in [5, 5.41) is 3.27. The molecule has 2 fully saturated rings. The fraction of sp³-hybridized carbons (Fsp3) is 0.700. The summed E-state index contributed by atoms with van der Waals surface area (Å²) in [5.74, 6) is 7.14. The van der Waals surface area contributed by atoms with Crippen LogP contribution in [0.4, 0.5) is 17.8 Å². The molecular formula is C10H17N7. The standard InChI is InChI=1S/C10H17N7/c11-16-9-13-8(12-7-3-4-7)14-10(15-9)17-5-1-2-6-17/h7H,1-6,11H2,(H2,12,13,14,15,16). The van der Waals surface area contributed by atoms with E-state index >= 15 is 0 Å². The molecule has 0 amide bonds. The van der Waals surface area contributed by atoms with Crippen molar-refractivity contribution in [1.29, 1.82) is 0 Å². The summed E-state index contributed by atoms with van der Waals surface area (Å²) < 4.78 is 0. The zero-order valence-corrected chi connectivity index (χ0v) is 9.69. The third kappa shape index (κ3) is 2.38. The van der Waals surface area contributed by atoms with Crippen LogP contribution in [-0.4, -0.2) is 34.1 Å². The molecule has 0 atom stereocenters. The maximum absolute atomic E-state index is 5.38. The maximum atomic E-state index is 5.38. The fourth-order valence-corrected chi connectivity index (χ4v) is 1.96. The second kappa shape index (κ2) is 4.33. The van der Waals surface area contributed by atoms with Crippen LogP contribution in [0.3, 0.4) is 0 Å². The Hall–Kier alpha value is -1.63. The highest BCUT2D eigenvalue weighted by molar-refractivity contribution is 5.44. The first kappa shape index (κ1) is 10.5. The van der Waals surface area contributed by atoms with Gasteiger partial charge in [0, 0.05) is 19.1 Å². The molecule has 17 heavy (non-hydrogen) atoms. The van der Waals surface area contributed by atoms with Gasteiger partial charge < -0.3 is 10.2 Å². The van der Waals surface area contributed by atoms with Crippen molar-refractivity contribution in [2.24, 2.45) is 5.84 Å². The summed E-state index contributed by atoms with van der Waals surface area (Å²) in [7, 11) is 0. The summed E-state index contributed by atoms with van der Waals surface area (Å²) in [6.07, 6.45) is 4.77. The molecule has 0 unspecified atom stereocenters. The van der Waals surface area contributed by atoms with Gasteiger partial charge in [-0.15, -0.1) is 0 Å². The van der Waals surface area contributed by atoms with E-state index in [0.717, 1.165) is 13.1 Å². The predicted octanol–water partition coefficient (Wildman–Crippen LogP) is 0.332. The van der Waals surface area contributed by atoms with Crippen molar-refractivity contribution in [3.05, 3.63) is 0 Å². The van der Waals surface area contributed by atoms with Gasteiger partial charge in [0.05, 0.1) is 0 Å². The zero-order chi connectivity index (χ0) is 11.7. The van der Waals surface area contributed by atoms with E-state index in [1.807, 2.05) is 0 Å². The number of hydrogen-bond donors (Lipinski definition) is 3. The minimum atomic E-state index is 0.421. The lowest BCUT2D eigenvalue weighted by molar-refractivity contribution is 0.875. The third-order valence-electron chi connectivity index (χ3n) is 3.05. The summed E-state index contributed by atoms with van der Waals surface area (Å²) in [5.41, 5.74) is 2.50. The molecule has 1 aromatic rings. The average Bonchev–Trinajstić information content (AvgIpc) is 2.99. The Morgan fingerprint density at radius 2 is 1.76 bits per heavy atom. The molecule has 2 heterocycles. The number of hydrazine groups is 1. The SMILES string of the molecule is NNc1nc(NC2CC2)nc(N2CCCC2)n1. The Kier molecular flexibility index (Phi) is 2.68. The summed E-state index contributed by atoms with van der Waals surface area (Å²) in [4.78, 5) is 15.1. The van der Waals surface area contributed by atoms with Gasteiger partial charge in [-0.05, 0) is 25.7 Å². The van der Waals surface area contributed by atoms with E-state index in [0.29, 0.717) is 23.9 Å². The van der Waals surface area contributed by atoms with Crippen LogP contribution in [0.5, 0.6) is 0 Å². The molecule has 3 rings (SSSR count). The number of rotatable bonds is 4. The molecule has 7 nitrogen and oxygen atoms in total. The number of aromatic nitrogens is 3. The molecule has 4 N–H and O–H groups in total. The molecule has 1 saturated heterocycles. The van der Waals surface area contributed by atoms with Gasteiger partial charge in [0.15, 0.2) is 0 Å². The maximum Gasteiger partial charge on any atom is 0.243 e. The van der Waals surface area contributed by atoms with E-state index in [4.69, 9.17) is 5.84 Å². The molecule has 7 heteroatoms. The molecular weight excluding hydrogens is 218 g/mol. The number of nitrogen functional groups attached to an aromatic ring is 1. The zero-order valence-electron chi connectivity index (χ0n) is 9.69. The number of hydrogen-bond acceptors (Lipinski definition) is 7. The molecule has 0 aromatic carbocycles. The normalized spacial score (nSPS) is 19.5. The lowest BCUT2D eigenvalue weighted by Crippen LogP contribution is -2.23. The highest BCUT2D eigenvalue weighted by Gasteiger charge is 2.23. The van der Waals surface area contributed by atoms with E-state index in [1.54, 1.807) is 0 Å². The molecule has 1 aromatic heterocycles. The molecule has 1 aliphatic carbocycles. The molecule has 1 aliphatic heterocycles. The Bertz CT molecular complexity index is 398. The Labute approximate surface area is 99.8 Å². The van der Waals surface area contributed by atoms with Gasteiger partial charge in [-0.25, -0.2) is 5.84 Å². The summed E-state index contributed by atoms with van der Waals surface area (Å²) in [6.45, 7) is 2.02. The molecule has 0 radical (unpaired) electrons. The Morgan fingerprint density at radius 1 is 1.06 bits per heavy atom. The second-order valence-corrected chi connectivity index (χ2v) is 4.54. The van der Waals surface area contributed by atoms with Gasteiger partial charge in [-0.3, -0.25) is 5.43 Å². The lowest BCUT2D eigenvalue weighted by Gasteiger charge is -2.16. The highest BCUT2D eigenvalue weighted by atomic mass is 15.4. The van der Waals surface area contributed by atoms with Crippen LogP contribution < -0.4 is 21.5 Å². The molecule has 92 valence electrons. The Balaban J connectivity index is 1.84. The largest absolute Gasteiger partial charge is 0.351 e. The highest BCUT2D eigenvalue weighted by Crippen LogP contribution is 2.24. The molecule has 0 spiro atoms. The number of nitrogens with one attached hydrogen (secondary N) is 2. The van der Waals surface area contributed by atoms with Crippen LogP contribution in [0, 0.1) is 0 Å². The first-order valence-electron chi connectivity index (χ1n) is 6.09. The van der Waals surface area contributed by atoms with Crippen LogP contribution >= 0.6 is 0 Å². The van der Waals surface area contributed by atoms with Crippen molar-refractivity contribution >= 4 is 17.8 Å². The topological polar surface area (TPSA) is 92.0 Å². The van der Waals surface area contributed by atoms with E-state index in [2.05, 4.69) is 30.6 Å². The number of nitrogens with two attached hydrogens (primary N) is 1. The smallest absolute Gasteiger partial charge is 0.243 e. The van der Waals surface area contributed by atoms with Crippen LogP contribution in [0.25, 0.3) is 0 Å². The second-order valence-electron chi connectivity index (χ2n) is 4.54. The quantitative estimate of drug-likeness (QED) is 0.511. The van der Waals surface area contributed by atoms with Crippen LogP contribution in [0.2, 0.25) is 0 Å². The van der Waals surface area contributed by atoms with E-state index < -0.39 is 0 Å². The van der Waals surface area contributed by atoms with Gasteiger partial charge in [-0.2, -0.15) is 15.0 Å². The fourth-order valence-electron chi connectivity index (χ4n) is 1.96. The molecule has 2 aliphatic rings. The van der Waals surface area contributed by atoms with Crippen LogP contribution in [-0.2, 0) is 0 Å². The molecule has 1 saturated carbocycles. The van der Waals surface area contributed by atoms with Crippen molar-refractivity contribution in [1.82, 2.24) is 15.0 Å². The van der Waals surface area contributed by atoms with Gasteiger partial charge in [0.1, 0.15) is 0 Å².